The highest BCUT2D eigenvalue weighted by Crippen LogP contribution is 2.34. The first-order chi connectivity index (χ1) is 15.1. The van der Waals surface area contributed by atoms with Gasteiger partial charge in [0.25, 0.3) is 0 Å². The molecule has 3 rings (SSSR count). The first kappa shape index (κ1) is 24.2. The van der Waals surface area contributed by atoms with Crippen molar-refractivity contribution in [1.29, 1.82) is 0 Å². The molecule has 0 amide bonds. The van der Waals surface area contributed by atoms with Crippen molar-refractivity contribution < 1.29 is 22.7 Å². The molecule has 8 heteroatoms. The summed E-state index contributed by atoms with van der Waals surface area (Å²) in [6, 6.07) is 10.3. The number of benzene rings is 2. The largest absolute Gasteiger partial charge is 0.487 e. The minimum atomic E-state index is -3.90. The number of halogens is 1. The molecule has 2 aromatic carbocycles. The fourth-order valence-corrected chi connectivity index (χ4v) is 5.41. The second-order valence-electron chi connectivity index (χ2n) is 8.39. The van der Waals surface area contributed by atoms with Crippen LogP contribution in [-0.2, 0) is 10.0 Å². The van der Waals surface area contributed by atoms with Gasteiger partial charge in [-0.2, -0.15) is 4.31 Å². The number of aliphatic hydroxyl groups is 1. The molecule has 0 spiro atoms. The van der Waals surface area contributed by atoms with E-state index in [-0.39, 0.29) is 41.4 Å². The molecule has 0 saturated heterocycles. The molecular weight excluding hydrogens is 431 g/mol. The van der Waals surface area contributed by atoms with E-state index in [4.69, 9.17) is 4.74 Å². The fourth-order valence-electron chi connectivity index (χ4n) is 3.58. The Hall–Kier alpha value is -2.44. The first-order valence-electron chi connectivity index (χ1n) is 10.5. The molecule has 2 aromatic rings. The van der Waals surface area contributed by atoms with Crippen LogP contribution in [0.25, 0.3) is 0 Å². The zero-order valence-electron chi connectivity index (χ0n) is 18.7. The van der Waals surface area contributed by atoms with Gasteiger partial charge in [0.1, 0.15) is 22.6 Å². The average Bonchev–Trinajstić information content (AvgIpc) is 2.74. The Balaban J connectivity index is 2.09. The average molecular weight is 461 g/mol. The summed E-state index contributed by atoms with van der Waals surface area (Å²) in [5.41, 5.74) is 0.774. The third-order valence-electron chi connectivity index (χ3n) is 5.43. The Bertz CT molecular complexity index is 1120. The van der Waals surface area contributed by atoms with E-state index in [0.717, 1.165) is 0 Å². The minimum absolute atomic E-state index is 0.0323. The van der Waals surface area contributed by atoms with E-state index in [1.807, 2.05) is 25.9 Å². The van der Waals surface area contributed by atoms with E-state index in [1.165, 1.54) is 16.4 Å². The predicted octanol–water partition coefficient (Wildman–Crippen LogP) is 2.56. The van der Waals surface area contributed by atoms with Gasteiger partial charge in [-0.25, -0.2) is 12.8 Å². The first-order valence-corrected chi connectivity index (χ1v) is 11.9. The monoisotopic (exact) mass is 460 g/mol. The summed E-state index contributed by atoms with van der Waals surface area (Å²) in [5.74, 6) is 5.36. The summed E-state index contributed by atoms with van der Waals surface area (Å²) in [7, 11) is -0.0478. The molecule has 3 atom stereocenters. The van der Waals surface area contributed by atoms with Crippen LogP contribution in [-0.4, -0.2) is 68.7 Å². The van der Waals surface area contributed by atoms with Gasteiger partial charge in [0.05, 0.1) is 12.2 Å². The topological polar surface area (TPSA) is 70.1 Å². The van der Waals surface area contributed by atoms with Crippen LogP contribution in [0.15, 0.2) is 47.4 Å². The smallest absolute Gasteiger partial charge is 0.247 e. The highest BCUT2D eigenvalue weighted by Gasteiger charge is 2.37. The van der Waals surface area contributed by atoms with Gasteiger partial charge in [0.15, 0.2) is 0 Å². The molecule has 0 radical (unpaired) electrons. The number of nitrogens with zero attached hydrogens (tertiary/aromatic N) is 2. The Labute approximate surface area is 189 Å². The van der Waals surface area contributed by atoms with Gasteiger partial charge >= 0.3 is 0 Å². The Kier molecular flexibility index (Phi) is 7.57. The number of likely N-dealkylation sites (N-methyl/N-ethyl adjacent to an activating group) is 1. The highest BCUT2D eigenvalue weighted by molar-refractivity contribution is 7.89. The zero-order valence-corrected chi connectivity index (χ0v) is 19.6. The van der Waals surface area contributed by atoms with Crippen LogP contribution < -0.4 is 4.74 Å². The van der Waals surface area contributed by atoms with Crippen molar-refractivity contribution in [3.8, 4) is 17.6 Å². The Morgan fingerprint density at radius 1 is 1.25 bits per heavy atom. The summed E-state index contributed by atoms with van der Waals surface area (Å²) in [6.07, 6.45) is -0.276. The lowest BCUT2D eigenvalue weighted by molar-refractivity contribution is 0.0812. The number of rotatable bonds is 4. The van der Waals surface area contributed by atoms with E-state index in [2.05, 4.69) is 11.8 Å². The maximum atomic E-state index is 13.9. The number of hydrogen-bond donors (Lipinski definition) is 1. The van der Waals surface area contributed by atoms with Gasteiger partial charge in [-0.3, -0.25) is 0 Å². The summed E-state index contributed by atoms with van der Waals surface area (Å²) in [5, 5.41) is 9.68. The third kappa shape index (κ3) is 5.30. The van der Waals surface area contributed by atoms with Crippen molar-refractivity contribution in [2.45, 2.75) is 30.9 Å². The fraction of sp³-hybridized carbons (Fsp3) is 0.417. The van der Waals surface area contributed by atoms with Crippen molar-refractivity contribution in [3.63, 3.8) is 0 Å². The van der Waals surface area contributed by atoms with E-state index in [1.54, 1.807) is 37.3 Å². The van der Waals surface area contributed by atoms with Crippen LogP contribution in [0, 0.1) is 23.6 Å². The van der Waals surface area contributed by atoms with Crippen molar-refractivity contribution in [2.75, 3.05) is 33.8 Å². The number of aliphatic hydroxyl groups excluding tert-OH is 1. The standard InChI is InChI=1S/C24H29FN2O4S/c1-17-14-27(18(2)16-28)32(29,30)24-12-10-19(9-11-20-7-5-6-8-21(20)25)13-22(24)31-23(17)15-26(3)4/h5-8,10,12-13,17-18,23,28H,14-16H2,1-4H3/t17-,18+,23-/m1/s1. The number of ether oxygens (including phenoxy) is 1. The summed E-state index contributed by atoms with van der Waals surface area (Å²) in [6.45, 7) is 4.16. The Morgan fingerprint density at radius 3 is 2.62 bits per heavy atom. The van der Waals surface area contributed by atoms with Crippen molar-refractivity contribution in [2.24, 2.45) is 5.92 Å². The second kappa shape index (κ2) is 10.0. The van der Waals surface area contributed by atoms with E-state index < -0.39 is 21.9 Å². The third-order valence-corrected chi connectivity index (χ3v) is 7.45. The van der Waals surface area contributed by atoms with Crippen molar-refractivity contribution in [1.82, 2.24) is 9.21 Å². The molecule has 172 valence electrons. The molecule has 0 fully saturated rings. The molecule has 0 saturated carbocycles. The van der Waals surface area contributed by atoms with Crippen molar-refractivity contribution in [3.05, 3.63) is 59.4 Å². The van der Waals surface area contributed by atoms with E-state index in [0.29, 0.717) is 12.1 Å². The zero-order chi connectivity index (χ0) is 23.5. The molecule has 1 aliphatic heterocycles. The normalized spacial score (nSPS) is 21.5. The number of fused-ring (bicyclic) bond motifs is 1. The van der Waals surface area contributed by atoms with Gasteiger partial charge in [-0.05, 0) is 51.4 Å². The maximum absolute atomic E-state index is 13.9. The van der Waals surface area contributed by atoms with Gasteiger partial charge in [0, 0.05) is 30.6 Å². The molecule has 0 bridgehead atoms. The summed E-state index contributed by atoms with van der Waals surface area (Å²) >= 11 is 0. The molecule has 0 aliphatic carbocycles. The van der Waals surface area contributed by atoms with Gasteiger partial charge in [-0.1, -0.05) is 30.9 Å². The molecule has 0 unspecified atom stereocenters. The highest BCUT2D eigenvalue weighted by atomic mass is 32.2. The van der Waals surface area contributed by atoms with Gasteiger partial charge in [-0.15, -0.1) is 0 Å². The van der Waals surface area contributed by atoms with Gasteiger partial charge < -0.3 is 14.7 Å². The molecular formula is C24H29FN2O4S. The predicted molar refractivity (Wildman–Crippen MR) is 121 cm³/mol. The molecule has 1 aliphatic rings. The minimum Gasteiger partial charge on any atom is -0.487 e. The molecule has 1 heterocycles. The van der Waals surface area contributed by atoms with Crippen LogP contribution in [0.3, 0.4) is 0 Å². The SMILES string of the molecule is C[C@@H]1CN([C@@H](C)CO)S(=O)(=O)c2ccc(C#Cc3ccccc3F)cc2O[C@@H]1CN(C)C. The van der Waals surface area contributed by atoms with Crippen LogP contribution >= 0.6 is 0 Å². The molecule has 32 heavy (non-hydrogen) atoms. The number of sulfonamides is 1. The lowest BCUT2D eigenvalue weighted by Crippen LogP contribution is -2.49. The second-order valence-corrected chi connectivity index (χ2v) is 10.3. The lowest BCUT2D eigenvalue weighted by atomic mass is 10.0. The van der Waals surface area contributed by atoms with E-state index >= 15 is 0 Å². The van der Waals surface area contributed by atoms with Crippen LogP contribution in [0.1, 0.15) is 25.0 Å². The molecule has 1 N–H and O–H groups in total. The maximum Gasteiger partial charge on any atom is 0.247 e. The van der Waals surface area contributed by atoms with E-state index in [9.17, 15) is 17.9 Å². The molecule has 0 aromatic heterocycles. The quantitative estimate of drug-likeness (QED) is 0.711. The van der Waals surface area contributed by atoms with Crippen LogP contribution in [0.2, 0.25) is 0 Å². The van der Waals surface area contributed by atoms with Crippen LogP contribution in [0.4, 0.5) is 4.39 Å². The number of hydrogen-bond acceptors (Lipinski definition) is 5. The van der Waals surface area contributed by atoms with Crippen molar-refractivity contribution >= 4 is 10.0 Å². The van der Waals surface area contributed by atoms with Crippen LogP contribution in [0.5, 0.6) is 5.75 Å². The molecule has 6 nitrogen and oxygen atoms in total. The summed E-state index contributed by atoms with van der Waals surface area (Å²) < 4.78 is 48.3. The lowest BCUT2D eigenvalue weighted by Gasteiger charge is -2.37. The van der Waals surface area contributed by atoms with Gasteiger partial charge in [0.2, 0.25) is 10.0 Å². The summed E-state index contributed by atoms with van der Waals surface area (Å²) in [4.78, 5) is 2.02. The Morgan fingerprint density at radius 2 is 1.97 bits per heavy atom.